The molecule has 0 radical (unpaired) electrons. The van der Waals surface area contributed by atoms with Gasteiger partial charge in [-0.2, -0.15) is 0 Å². The predicted octanol–water partition coefficient (Wildman–Crippen LogP) is 2.74. The highest BCUT2D eigenvalue weighted by atomic mass is 32.2. The van der Waals surface area contributed by atoms with E-state index in [2.05, 4.69) is 0 Å². The van der Waals surface area contributed by atoms with Crippen molar-refractivity contribution in [2.45, 2.75) is 63.2 Å². The van der Waals surface area contributed by atoms with Crippen LogP contribution in [0.2, 0.25) is 0 Å². The van der Waals surface area contributed by atoms with Gasteiger partial charge >= 0.3 is 15.6 Å². The maximum Gasteiger partial charge on any atom is 0.470 e. The first kappa shape index (κ1) is 30.1. The Morgan fingerprint density at radius 3 is 1.28 bits per heavy atom. The summed E-state index contributed by atoms with van der Waals surface area (Å²) in [5.41, 5.74) is -0.591. The highest BCUT2D eigenvalue weighted by Gasteiger charge is 2.31. The summed E-state index contributed by atoms with van der Waals surface area (Å²) in [5.74, 6) is 0.961. The van der Waals surface area contributed by atoms with Gasteiger partial charge in [0.15, 0.2) is 0 Å². The smallest absolute Gasteiger partial charge is 0.470 e. The summed E-state index contributed by atoms with van der Waals surface area (Å²) in [6, 6.07) is 7.12. The maximum absolute atomic E-state index is 12.3. The highest BCUT2D eigenvalue weighted by Crippen LogP contribution is 2.43. The van der Waals surface area contributed by atoms with Gasteiger partial charge in [0, 0.05) is 24.0 Å². The average Bonchev–Trinajstić information content (AvgIpc) is 2.56. The number of benzene rings is 1. The SMILES string of the molecule is CC(C)(CC[S+]([O-])Cc1ccc(C[S+]([O-])CCC(C)(C)OP(=O)(O)O)cc1)OP(=O)(O)O. The largest absolute Gasteiger partial charge is 0.616 e. The van der Waals surface area contributed by atoms with E-state index in [1.54, 1.807) is 24.3 Å². The number of phosphoric acid groups is 2. The summed E-state index contributed by atoms with van der Waals surface area (Å²) in [6.07, 6.45) is 0.424. The van der Waals surface area contributed by atoms with E-state index in [0.29, 0.717) is 0 Å². The molecule has 0 bridgehead atoms. The van der Waals surface area contributed by atoms with Crippen LogP contribution in [0.3, 0.4) is 0 Å². The number of rotatable bonds is 14. The quantitative estimate of drug-likeness (QED) is 0.205. The minimum absolute atomic E-state index is 0.212. The second kappa shape index (κ2) is 12.2. The zero-order valence-corrected chi connectivity index (χ0v) is 21.9. The van der Waals surface area contributed by atoms with Crippen LogP contribution in [0.15, 0.2) is 24.3 Å². The zero-order valence-electron chi connectivity index (χ0n) is 18.5. The third-order valence-corrected chi connectivity index (χ3v) is 8.37. The lowest BCUT2D eigenvalue weighted by atomic mass is 10.1. The standard InChI is InChI=1S/C18H32O10P2S2/c1-17(2,27-29(19,20)21)9-11-31(25)13-15-5-7-16(8-6-15)14-32(26)12-10-18(3,4)28-30(22,23)24/h5-8H,9-14H2,1-4H3,(H2,19,20,21)(H2,22,23,24). The van der Waals surface area contributed by atoms with Crippen LogP contribution in [0.4, 0.5) is 0 Å². The van der Waals surface area contributed by atoms with Crippen molar-refractivity contribution in [3.8, 4) is 0 Å². The summed E-state index contributed by atoms with van der Waals surface area (Å²) in [4.78, 5) is 35.7. The molecule has 0 saturated carbocycles. The first-order valence-corrected chi connectivity index (χ1v) is 15.7. The molecule has 0 aromatic heterocycles. The molecule has 0 aliphatic rings. The van der Waals surface area contributed by atoms with E-state index in [1.807, 2.05) is 0 Å². The van der Waals surface area contributed by atoms with E-state index in [9.17, 15) is 18.2 Å². The van der Waals surface area contributed by atoms with Crippen molar-refractivity contribution in [1.82, 2.24) is 0 Å². The number of phosphoric ester groups is 2. The average molecular weight is 535 g/mol. The first-order chi connectivity index (χ1) is 14.4. The second-order valence-corrected chi connectivity index (χ2v) is 14.1. The Labute approximate surface area is 195 Å². The minimum atomic E-state index is -4.62. The predicted molar refractivity (Wildman–Crippen MR) is 124 cm³/mol. The van der Waals surface area contributed by atoms with E-state index >= 15 is 0 Å². The van der Waals surface area contributed by atoms with E-state index < -0.39 is 49.2 Å². The molecule has 4 N–H and O–H groups in total. The van der Waals surface area contributed by atoms with E-state index in [4.69, 9.17) is 28.6 Å². The molecule has 0 saturated heterocycles. The second-order valence-electron chi connectivity index (χ2n) is 8.58. The third-order valence-electron chi connectivity index (χ3n) is 4.27. The van der Waals surface area contributed by atoms with Crippen molar-refractivity contribution in [2.24, 2.45) is 0 Å². The van der Waals surface area contributed by atoms with Gasteiger partial charge in [0.2, 0.25) is 0 Å². The van der Waals surface area contributed by atoms with Gasteiger partial charge in [-0.1, -0.05) is 24.3 Å². The summed E-state index contributed by atoms with van der Waals surface area (Å²) in [6.45, 7) is 6.10. The highest BCUT2D eigenvalue weighted by molar-refractivity contribution is 7.90. The van der Waals surface area contributed by atoms with Gasteiger partial charge in [-0.15, -0.1) is 0 Å². The molecule has 10 nitrogen and oxygen atoms in total. The molecular weight excluding hydrogens is 502 g/mol. The van der Waals surface area contributed by atoms with Crippen LogP contribution in [0.1, 0.15) is 51.7 Å². The molecule has 186 valence electrons. The fraction of sp³-hybridized carbons (Fsp3) is 0.667. The Hall–Kier alpha value is 0.0600. The fourth-order valence-electron chi connectivity index (χ4n) is 2.70. The van der Waals surface area contributed by atoms with Crippen LogP contribution < -0.4 is 0 Å². The molecule has 1 aromatic carbocycles. The topological polar surface area (TPSA) is 180 Å². The fourth-order valence-corrected chi connectivity index (χ4v) is 7.03. The Kier molecular flexibility index (Phi) is 11.4. The monoisotopic (exact) mass is 534 g/mol. The van der Waals surface area contributed by atoms with Crippen molar-refractivity contribution in [2.75, 3.05) is 11.5 Å². The van der Waals surface area contributed by atoms with Crippen LogP contribution in [-0.4, -0.2) is 51.4 Å². The van der Waals surface area contributed by atoms with Gasteiger partial charge in [0.1, 0.15) is 23.0 Å². The van der Waals surface area contributed by atoms with Crippen LogP contribution in [-0.2, 0) is 52.0 Å². The first-order valence-electron chi connectivity index (χ1n) is 9.66. The van der Waals surface area contributed by atoms with Gasteiger partial charge in [-0.25, -0.2) is 9.13 Å². The van der Waals surface area contributed by atoms with Crippen LogP contribution in [0.25, 0.3) is 0 Å². The summed E-state index contributed by atoms with van der Waals surface area (Å²) in [5, 5.41) is 0. The Balaban J connectivity index is 2.49. The van der Waals surface area contributed by atoms with Gasteiger partial charge in [-0.05, 0) is 50.0 Å². The minimum Gasteiger partial charge on any atom is -0.616 e. The van der Waals surface area contributed by atoms with Crippen molar-refractivity contribution in [1.29, 1.82) is 0 Å². The summed E-state index contributed by atoms with van der Waals surface area (Å²) >= 11 is -2.51. The third kappa shape index (κ3) is 14.3. The molecule has 2 atom stereocenters. The van der Waals surface area contributed by atoms with Crippen molar-refractivity contribution in [3.05, 3.63) is 35.4 Å². The maximum atomic E-state index is 12.3. The molecule has 32 heavy (non-hydrogen) atoms. The molecule has 0 amide bonds. The van der Waals surface area contributed by atoms with Crippen molar-refractivity contribution in [3.63, 3.8) is 0 Å². The lowest BCUT2D eigenvalue weighted by molar-refractivity contribution is 0.0612. The molecule has 0 aliphatic heterocycles. The van der Waals surface area contributed by atoms with Crippen molar-refractivity contribution < 1.29 is 46.9 Å². The molecule has 1 aromatic rings. The van der Waals surface area contributed by atoms with Crippen LogP contribution in [0, 0.1) is 0 Å². The normalized spacial score (nSPS) is 15.6. The summed E-state index contributed by atoms with van der Waals surface area (Å²) in [7, 11) is -9.24. The van der Waals surface area contributed by atoms with Gasteiger partial charge in [0.05, 0.1) is 11.2 Å². The van der Waals surface area contributed by atoms with Crippen LogP contribution >= 0.6 is 15.6 Å². The van der Waals surface area contributed by atoms with Crippen LogP contribution in [0.5, 0.6) is 0 Å². The van der Waals surface area contributed by atoms with E-state index in [-0.39, 0.29) is 35.9 Å². The lowest BCUT2D eigenvalue weighted by Crippen LogP contribution is -2.27. The zero-order chi connectivity index (χ0) is 24.8. The van der Waals surface area contributed by atoms with E-state index in [1.165, 1.54) is 27.7 Å². The van der Waals surface area contributed by atoms with E-state index in [0.717, 1.165) is 11.1 Å². The number of hydrogen-bond acceptors (Lipinski definition) is 6. The van der Waals surface area contributed by atoms with Crippen molar-refractivity contribution >= 4 is 38.0 Å². The number of hydrogen-bond donors (Lipinski definition) is 4. The summed E-state index contributed by atoms with van der Waals surface area (Å²) < 4.78 is 56.0. The molecule has 1 rings (SSSR count). The molecule has 0 fully saturated rings. The Morgan fingerprint density at radius 2 is 1.03 bits per heavy atom. The Morgan fingerprint density at radius 1 is 0.750 bits per heavy atom. The molecule has 14 heteroatoms. The molecule has 2 unspecified atom stereocenters. The van der Waals surface area contributed by atoms with Gasteiger partial charge in [-0.3, -0.25) is 9.05 Å². The Bertz CT molecular complexity index is 739. The lowest BCUT2D eigenvalue weighted by Gasteiger charge is -2.25. The molecular formula is C18H32O10P2S2. The molecule has 0 spiro atoms. The van der Waals surface area contributed by atoms with Gasteiger partial charge in [0.25, 0.3) is 0 Å². The van der Waals surface area contributed by atoms with Gasteiger partial charge < -0.3 is 28.7 Å². The molecule has 0 aliphatic carbocycles. The molecule has 0 heterocycles.